The van der Waals surface area contributed by atoms with Gasteiger partial charge in [0.15, 0.2) is 0 Å². The molecule has 11 nitrogen and oxygen atoms in total. The molecule has 1 amide bonds. The van der Waals surface area contributed by atoms with Crippen LogP contribution in [0.4, 0.5) is 10.6 Å². The molecule has 13 heteroatoms. The minimum atomic E-state index is -0.751. The number of hydrogen-bond acceptors (Lipinski definition) is 10. The molecule has 2 aromatic rings. The van der Waals surface area contributed by atoms with Gasteiger partial charge in [0, 0.05) is 49.6 Å². The molecule has 1 N–H and O–H groups in total. The highest BCUT2D eigenvalue weighted by Crippen LogP contribution is 2.39. The number of ether oxygens (including phenoxy) is 4. The number of amides is 1. The third-order valence-electron chi connectivity index (χ3n) is 6.89. The summed E-state index contributed by atoms with van der Waals surface area (Å²) in [6, 6.07) is 5.28. The number of alkyl carbamates (subject to hydrolysis) is 1. The summed E-state index contributed by atoms with van der Waals surface area (Å²) in [6.45, 7) is 8.79. The lowest BCUT2D eigenvalue weighted by Crippen LogP contribution is -2.40. The molecular weight excluding hydrogens is 644 g/mol. The number of benzene rings is 1. The van der Waals surface area contributed by atoms with Gasteiger partial charge in [0.1, 0.15) is 33.6 Å². The minimum absolute atomic E-state index is 0.0270. The summed E-state index contributed by atoms with van der Waals surface area (Å²) in [6.07, 6.45) is 1.68. The summed E-state index contributed by atoms with van der Waals surface area (Å²) in [5, 5.41) is 2.88. The Balaban J connectivity index is 1.69. The Bertz CT molecular complexity index is 1440. The van der Waals surface area contributed by atoms with Gasteiger partial charge in [-0.15, -0.1) is 0 Å². The number of aromatic nitrogens is 1. The number of fused-ring (bicyclic) bond motifs is 1. The molecule has 1 unspecified atom stereocenters. The summed E-state index contributed by atoms with van der Waals surface area (Å²) < 4.78 is 22.1. The molecule has 0 bridgehead atoms. The molecule has 2 aliphatic heterocycles. The molecule has 4 rings (SSSR count). The van der Waals surface area contributed by atoms with Gasteiger partial charge in [0.05, 0.1) is 36.9 Å². The van der Waals surface area contributed by atoms with E-state index in [1.165, 1.54) is 6.20 Å². The Morgan fingerprint density at radius 1 is 1.21 bits per heavy atom. The first-order valence-electron chi connectivity index (χ1n) is 13.9. The standard InChI is InChI=1S/C30H36BrClN4O7/c1-7-42-28(38)21-16-35(13-17-8-9-19(40-5)12-22(17)41-6)15-20-23(25(21)37)26(32)34-27(24(20)31)36-11-10-18(14-36)33-29(39)43-30(2,3)4/h8-9,12,16,18H,7,10-11,13-15H2,1-6H3,(H,33,39). The predicted molar refractivity (Wildman–Crippen MR) is 165 cm³/mol. The van der Waals surface area contributed by atoms with Crippen molar-refractivity contribution in [2.75, 3.05) is 38.8 Å². The van der Waals surface area contributed by atoms with Crippen LogP contribution in [0.1, 0.15) is 55.6 Å². The van der Waals surface area contributed by atoms with Crippen molar-refractivity contribution in [3.8, 4) is 11.5 Å². The molecular formula is C30H36BrClN4O7. The van der Waals surface area contributed by atoms with E-state index in [1.54, 1.807) is 27.2 Å². The summed E-state index contributed by atoms with van der Waals surface area (Å²) >= 11 is 10.4. The fourth-order valence-corrected chi connectivity index (χ4v) is 5.93. The van der Waals surface area contributed by atoms with Crippen LogP contribution in [0, 0.1) is 0 Å². The van der Waals surface area contributed by atoms with Crippen molar-refractivity contribution in [2.24, 2.45) is 0 Å². The van der Waals surface area contributed by atoms with E-state index in [0.717, 1.165) is 5.56 Å². The lowest BCUT2D eigenvalue weighted by molar-refractivity contribution is -0.138. The van der Waals surface area contributed by atoms with Gasteiger partial charge in [-0.25, -0.2) is 14.6 Å². The molecule has 1 aromatic heterocycles. The Kier molecular flexibility index (Phi) is 10.1. The zero-order valence-electron chi connectivity index (χ0n) is 25.1. The second-order valence-corrected chi connectivity index (χ2v) is 12.3. The van der Waals surface area contributed by atoms with Crippen molar-refractivity contribution < 1.29 is 33.3 Å². The molecule has 1 fully saturated rings. The van der Waals surface area contributed by atoms with Crippen molar-refractivity contribution in [3.05, 3.63) is 56.3 Å². The number of rotatable bonds is 8. The van der Waals surface area contributed by atoms with Gasteiger partial charge in [0.2, 0.25) is 5.78 Å². The third-order valence-corrected chi connectivity index (χ3v) is 8.00. The normalized spacial score (nSPS) is 16.7. The van der Waals surface area contributed by atoms with Crippen LogP contribution in [-0.4, -0.2) is 73.3 Å². The van der Waals surface area contributed by atoms with E-state index in [0.29, 0.717) is 53.4 Å². The second-order valence-electron chi connectivity index (χ2n) is 11.1. The monoisotopic (exact) mass is 678 g/mol. The summed E-state index contributed by atoms with van der Waals surface area (Å²) in [7, 11) is 3.14. The molecule has 1 saturated heterocycles. The van der Waals surface area contributed by atoms with E-state index < -0.39 is 23.4 Å². The highest BCUT2D eigenvalue weighted by Gasteiger charge is 2.35. The highest BCUT2D eigenvalue weighted by molar-refractivity contribution is 9.10. The van der Waals surface area contributed by atoms with Gasteiger partial charge in [-0.2, -0.15) is 0 Å². The number of methoxy groups -OCH3 is 2. The third kappa shape index (κ3) is 7.53. The van der Waals surface area contributed by atoms with E-state index in [2.05, 4.69) is 26.2 Å². The van der Waals surface area contributed by atoms with Gasteiger partial charge in [0.25, 0.3) is 0 Å². The number of halogens is 2. The van der Waals surface area contributed by atoms with Crippen LogP contribution in [0.2, 0.25) is 5.15 Å². The molecule has 43 heavy (non-hydrogen) atoms. The molecule has 1 atom stereocenters. The fourth-order valence-electron chi connectivity index (χ4n) is 4.98. The summed E-state index contributed by atoms with van der Waals surface area (Å²) in [5.41, 5.74) is 0.752. The average Bonchev–Trinajstić information content (AvgIpc) is 3.33. The van der Waals surface area contributed by atoms with E-state index in [-0.39, 0.29) is 35.5 Å². The Morgan fingerprint density at radius 3 is 2.60 bits per heavy atom. The maximum Gasteiger partial charge on any atom is 0.407 e. The van der Waals surface area contributed by atoms with Crippen LogP contribution in [0.15, 0.2) is 34.4 Å². The molecule has 232 valence electrons. The molecule has 0 aliphatic carbocycles. The maximum atomic E-state index is 13.8. The van der Waals surface area contributed by atoms with Crippen LogP contribution < -0.4 is 19.7 Å². The average molecular weight is 680 g/mol. The van der Waals surface area contributed by atoms with E-state index in [1.807, 2.05) is 42.7 Å². The second kappa shape index (κ2) is 13.4. The molecule has 0 saturated carbocycles. The molecule has 1 aromatic carbocycles. The Hall–Kier alpha value is -3.51. The first kappa shape index (κ1) is 32.4. The first-order valence-corrected chi connectivity index (χ1v) is 15.0. The fraction of sp³-hybridized carbons (Fsp3) is 0.467. The smallest absolute Gasteiger partial charge is 0.407 e. The highest BCUT2D eigenvalue weighted by atomic mass is 79.9. The minimum Gasteiger partial charge on any atom is -0.497 e. The summed E-state index contributed by atoms with van der Waals surface area (Å²) in [4.78, 5) is 47.5. The lowest BCUT2D eigenvalue weighted by Gasteiger charge is -2.25. The van der Waals surface area contributed by atoms with Crippen molar-refractivity contribution >= 4 is 51.2 Å². The van der Waals surface area contributed by atoms with Crippen molar-refractivity contribution in [1.29, 1.82) is 0 Å². The van der Waals surface area contributed by atoms with Gasteiger partial charge in [-0.05, 0) is 62.2 Å². The van der Waals surface area contributed by atoms with E-state index in [9.17, 15) is 14.4 Å². The number of carbonyl (C=O) groups excluding carboxylic acids is 3. The molecule has 3 heterocycles. The largest absolute Gasteiger partial charge is 0.497 e. The van der Waals surface area contributed by atoms with Gasteiger partial charge in [-0.1, -0.05) is 11.6 Å². The van der Waals surface area contributed by atoms with Crippen LogP contribution in [0.5, 0.6) is 11.5 Å². The van der Waals surface area contributed by atoms with Crippen molar-refractivity contribution in [3.63, 3.8) is 0 Å². The number of ketones is 1. The number of esters is 1. The van der Waals surface area contributed by atoms with Crippen molar-refractivity contribution in [1.82, 2.24) is 15.2 Å². The number of pyridine rings is 1. The topological polar surface area (TPSA) is 120 Å². The Morgan fingerprint density at radius 2 is 1.95 bits per heavy atom. The first-order chi connectivity index (χ1) is 20.3. The predicted octanol–water partition coefficient (Wildman–Crippen LogP) is 5.26. The van der Waals surface area contributed by atoms with Gasteiger partial charge >= 0.3 is 12.1 Å². The van der Waals surface area contributed by atoms with Crippen LogP contribution in [0.3, 0.4) is 0 Å². The number of nitrogens with one attached hydrogen (secondary N) is 1. The van der Waals surface area contributed by atoms with Gasteiger partial charge in [-0.3, -0.25) is 4.79 Å². The number of anilines is 1. The van der Waals surface area contributed by atoms with E-state index in [4.69, 9.17) is 30.5 Å². The summed E-state index contributed by atoms with van der Waals surface area (Å²) in [5.74, 6) is 0.434. The maximum absolute atomic E-state index is 13.8. The number of nitrogens with zero attached hydrogens (tertiary/aromatic N) is 3. The number of hydrogen-bond donors (Lipinski definition) is 1. The molecule has 0 spiro atoms. The molecule has 2 aliphatic rings. The number of Topliss-reactive ketones (excluding diaryl/α,β-unsaturated/α-hetero) is 1. The zero-order chi connectivity index (χ0) is 31.5. The van der Waals surface area contributed by atoms with Crippen LogP contribution in [-0.2, 0) is 27.4 Å². The Labute approximate surface area is 264 Å². The quantitative estimate of drug-likeness (QED) is 0.225. The zero-order valence-corrected chi connectivity index (χ0v) is 27.4. The molecule has 0 radical (unpaired) electrons. The van der Waals surface area contributed by atoms with Crippen LogP contribution in [0.25, 0.3) is 0 Å². The lowest BCUT2D eigenvalue weighted by atomic mass is 10.0. The SMILES string of the molecule is CCOC(=O)C1=CN(Cc2ccc(OC)cc2OC)Cc2c(Br)c(N3CCC(NC(=O)OC(C)(C)C)C3)nc(Cl)c2C1=O. The van der Waals surface area contributed by atoms with Crippen molar-refractivity contribution in [2.45, 2.75) is 58.8 Å². The van der Waals surface area contributed by atoms with E-state index >= 15 is 0 Å². The van der Waals surface area contributed by atoms with Crippen LogP contribution >= 0.6 is 27.5 Å². The van der Waals surface area contributed by atoms with Gasteiger partial charge < -0.3 is 34.1 Å². The number of carbonyl (C=O) groups is 3.